The Morgan fingerprint density at radius 1 is 1.60 bits per heavy atom. The number of hydrogen-bond donors (Lipinski definition) is 1. The Morgan fingerprint density at radius 2 is 2.40 bits per heavy atom. The highest BCUT2D eigenvalue weighted by atomic mass is 32.2. The van der Waals surface area contributed by atoms with E-state index in [0.29, 0.717) is 6.04 Å². The maximum Gasteiger partial charge on any atom is 0.0842 e. The van der Waals surface area contributed by atoms with Gasteiger partial charge < -0.3 is 5.32 Å². The van der Waals surface area contributed by atoms with E-state index in [1.54, 1.807) is 4.68 Å². The van der Waals surface area contributed by atoms with Gasteiger partial charge in [0.25, 0.3) is 0 Å². The third-order valence-corrected chi connectivity index (χ3v) is 2.91. The molecule has 1 rings (SSSR count). The molecule has 0 aliphatic heterocycles. The van der Waals surface area contributed by atoms with Gasteiger partial charge >= 0.3 is 0 Å². The van der Waals surface area contributed by atoms with Crippen molar-refractivity contribution in [3.8, 4) is 0 Å². The van der Waals surface area contributed by atoms with Crippen molar-refractivity contribution in [2.75, 3.05) is 18.6 Å². The molecule has 4 nitrogen and oxygen atoms in total. The summed E-state index contributed by atoms with van der Waals surface area (Å²) in [7, 11) is 1.90. The number of nitrogens with zero attached hydrogens (tertiary/aromatic N) is 3. The monoisotopic (exact) mass is 228 g/mol. The minimum Gasteiger partial charge on any atom is -0.314 e. The zero-order valence-corrected chi connectivity index (χ0v) is 10.5. The summed E-state index contributed by atoms with van der Waals surface area (Å²) in [5, 5.41) is 11.5. The summed E-state index contributed by atoms with van der Waals surface area (Å²) in [5.41, 5.74) is 1.07. The van der Waals surface area contributed by atoms with Crippen LogP contribution in [0.15, 0.2) is 6.20 Å². The molecule has 1 N–H and O–H groups in total. The molecular weight excluding hydrogens is 208 g/mol. The van der Waals surface area contributed by atoms with E-state index in [-0.39, 0.29) is 0 Å². The van der Waals surface area contributed by atoms with Gasteiger partial charge in [-0.05, 0) is 25.0 Å². The van der Waals surface area contributed by atoms with E-state index in [2.05, 4.69) is 28.8 Å². The molecule has 1 atom stereocenters. The fourth-order valence-corrected chi connectivity index (χ4v) is 2.09. The van der Waals surface area contributed by atoms with Crippen LogP contribution in [0.1, 0.15) is 19.0 Å². The first-order valence-corrected chi connectivity index (χ1v) is 6.73. The highest BCUT2D eigenvalue weighted by Crippen LogP contribution is 2.06. The topological polar surface area (TPSA) is 42.7 Å². The number of likely N-dealkylation sites (N-methyl/N-ethyl adjacent to an activating group) is 1. The molecule has 5 heteroatoms. The van der Waals surface area contributed by atoms with Gasteiger partial charge in [0, 0.05) is 25.7 Å². The zero-order valence-electron chi connectivity index (χ0n) is 9.73. The van der Waals surface area contributed by atoms with E-state index >= 15 is 0 Å². The number of nitrogens with one attached hydrogen (secondary N) is 1. The van der Waals surface area contributed by atoms with Crippen LogP contribution in [0.3, 0.4) is 0 Å². The predicted molar refractivity (Wildman–Crippen MR) is 65.2 cm³/mol. The van der Waals surface area contributed by atoms with Crippen molar-refractivity contribution < 1.29 is 0 Å². The zero-order chi connectivity index (χ0) is 11.1. The predicted octanol–water partition coefficient (Wildman–Crippen LogP) is 1.09. The van der Waals surface area contributed by atoms with E-state index in [1.807, 2.05) is 25.0 Å². The van der Waals surface area contributed by atoms with Crippen molar-refractivity contribution in [1.29, 1.82) is 0 Å². The molecule has 0 amide bonds. The molecule has 1 unspecified atom stereocenters. The van der Waals surface area contributed by atoms with Crippen LogP contribution in [0.4, 0.5) is 0 Å². The first-order valence-electron chi connectivity index (χ1n) is 5.33. The van der Waals surface area contributed by atoms with Crippen LogP contribution in [-0.2, 0) is 13.5 Å². The minimum atomic E-state index is 0.527. The summed E-state index contributed by atoms with van der Waals surface area (Å²) in [4.78, 5) is 0. The lowest BCUT2D eigenvalue weighted by Gasteiger charge is -2.15. The molecule has 0 radical (unpaired) electrons. The van der Waals surface area contributed by atoms with E-state index in [1.165, 1.54) is 12.2 Å². The molecule has 0 aliphatic carbocycles. The Kier molecular flexibility index (Phi) is 5.71. The summed E-state index contributed by atoms with van der Waals surface area (Å²) in [5.74, 6) is 1.19. The molecule has 0 saturated carbocycles. The van der Waals surface area contributed by atoms with Crippen molar-refractivity contribution in [3.63, 3.8) is 0 Å². The Morgan fingerprint density at radius 3 is 2.93 bits per heavy atom. The smallest absolute Gasteiger partial charge is 0.0842 e. The van der Waals surface area contributed by atoms with E-state index in [4.69, 9.17) is 0 Å². The quantitative estimate of drug-likeness (QED) is 0.758. The molecule has 1 aromatic rings. The maximum atomic E-state index is 4.11. The highest BCUT2D eigenvalue weighted by molar-refractivity contribution is 7.98. The lowest BCUT2D eigenvalue weighted by molar-refractivity contribution is 0.508. The van der Waals surface area contributed by atoms with Gasteiger partial charge in [0.1, 0.15) is 0 Å². The largest absolute Gasteiger partial charge is 0.314 e. The van der Waals surface area contributed by atoms with E-state index in [9.17, 15) is 0 Å². The molecule has 1 heterocycles. The minimum absolute atomic E-state index is 0.527. The molecular formula is C10H20N4S. The van der Waals surface area contributed by atoms with E-state index in [0.717, 1.165) is 18.7 Å². The standard InChI is InChI=1S/C10H20N4S/c1-4-11-9(5-6-15-3)7-10-8-14(2)13-12-10/h8-9,11H,4-7H2,1-3H3. The van der Waals surface area contributed by atoms with Gasteiger partial charge in [0.05, 0.1) is 5.69 Å². The van der Waals surface area contributed by atoms with Crippen molar-refractivity contribution >= 4 is 11.8 Å². The van der Waals surface area contributed by atoms with Crippen molar-refractivity contribution in [1.82, 2.24) is 20.3 Å². The molecule has 86 valence electrons. The van der Waals surface area contributed by atoms with Crippen LogP contribution in [0.25, 0.3) is 0 Å². The second-order valence-electron chi connectivity index (χ2n) is 3.62. The number of rotatable bonds is 7. The average molecular weight is 228 g/mol. The van der Waals surface area contributed by atoms with Crippen LogP contribution in [0.2, 0.25) is 0 Å². The highest BCUT2D eigenvalue weighted by Gasteiger charge is 2.09. The van der Waals surface area contributed by atoms with Crippen molar-refractivity contribution in [2.24, 2.45) is 7.05 Å². The van der Waals surface area contributed by atoms with Crippen LogP contribution >= 0.6 is 11.8 Å². The summed E-state index contributed by atoms with van der Waals surface area (Å²) in [6.45, 7) is 3.15. The Bertz CT molecular complexity index is 274. The normalized spacial score (nSPS) is 13.0. The fraction of sp³-hybridized carbons (Fsp3) is 0.800. The van der Waals surface area contributed by atoms with Crippen LogP contribution in [0.5, 0.6) is 0 Å². The van der Waals surface area contributed by atoms with Gasteiger partial charge in [0.2, 0.25) is 0 Å². The van der Waals surface area contributed by atoms with Crippen LogP contribution < -0.4 is 5.32 Å². The lowest BCUT2D eigenvalue weighted by Crippen LogP contribution is -2.31. The van der Waals surface area contributed by atoms with Crippen molar-refractivity contribution in [3.05, 3.63) is 11.9 Å². The van der Waals surface area contributed by atoms with Crippen LogP contribution in [-0.4, -0.2) is 39.6 Å². The first kappa shape index (κ1) is 12.5. The van der Waals surface area contributed by atoms with E-state index < -0.39 is 0 Å². The molecule has 0 fully saturated rings. The molecule has 0 aliphatic rings. The van der Waals surface area contributed by atoms with Gasteiger partial charge in [-0.1, -0.05) is 12.1 Å². The number of thioether (sulfide) groups is 1. The Hall–Kier alpha value is -0.550. The number of aryl methyl sites for hydroxylation is 1. The fourth-order valence-electron chi connectivity index (χ4n) is 1.57. The summed E-state index contributed by atoms with van der Waals surface area (Å²) >= 11 is 1.89. The number of aromatic nitrogens is 3. The Balaban J connectivity index is 2.42. The molecule has 15 heavy (non-hydrogen) atoms. The third-order valence-electron chi connectivity index (χ3n) is 2.27. The Labute approximate surface area is 95.8 Å². The second kappa shape index (κ2) is 6.85. The number of hydrogen-bond acceptors (Lipinski definition) is 4. The maximum absolute atomic E-state index is 4.11. The molecule has 1 aromatic heterocycles. The average Bonchev–Trinajstić information content (AvgIpc) is 2.61. The van der Waals surface area contributed by atoms with Gasteiger partial charge in [-0.15, -0.1) is 5.10 Å². The SMILES string of the molecule is CCNC(CCSC)Cc1cn(C)nn1. The van der Waals surface area contributed by atoms with Gasteiger partial charge in [0.15, 0.2) is 0 Å². The lowest BCUT2D eigenvalue weighted by atomic mass is 10.1. The van der Waals surface area contributed by atoms with Gasteiger partial charge in [-0.3, -0.25) is 4.68 Å². The third kappa shape index (κ3) is 4.66. The summed E-state index contributed by atoms with van der Waals surface area (Å²) in [6, 6.07) is 0.527. The van der Waals surface area contributed by atoms with Gasteiger partial charge in [-0.2, -0.15) is 11.8 Å². The summed E-state index contributed by atoms with van der Waals surface area (Å²) in [6.07, 6.45) is 6.29. The second-order valence-corrected chi connectivity index (χ2v) is 4.61. The van der Waals surface area contributed by atoms with Crippen molar-refractivity contribution in [2.45, 2.75) is 25.8 Å². The molecule has 0 saturated heterocycles. The molecule has 0 bridgehead atoms. The molecule has 0 aromatic carbocycles. The first-order chi connectivity index (χ1) is 7.26. The molecule has 0 spiro atoms. The summed E-state index contributed by atoms with van der Waals surface area (Å²) < 4.78 is 1.76. The van der Waals surface area contributed by atoms with Gasteiger partial charge in [-0.25, -0.2) is 0 Å². The van der Waals surface area contributed by atoms with Crippen LogP contribution in [0, 0.1) is 0 Å².